The van der Waals surface area contributed by atoms with Gasteiger partial charge < -0.3 is 0 Å². The number of rotatable bonds is 4. The van der Waals surface area contributed by atoms with Crippen LogP contribution in [0.2, 0.25) is 5.02 Å². The summed E-state index contributed by atoms with van der Waals surface area (Å²) >= 11 is 5.56. The molecule has 2 rings (SSSR count). The van der Waals surface area contributed by atoms with Crippen molar-refractivity contribution in [2.45, 2.75) is 32.4 Å². The first kappa shape index (κ1) is 21.5. The van der Waals surface area contributed by atoms with Crippen LogP contribution in [0, 0.1) is 11.3 Å². The Kier molecular flexibility index (Phi) is 6.15. The number of alkyl halides is 3. The highest BCUT2D eigenvalue weighted by molar-refractivity contribution is 6.51. The molecule has 0 unspecified atom stereocenters. The van der Waals surface area contributed by atoms with Crippen molar-refractivity contribution in [2.24, 2.45) is 5.10 Å². The number of ketones is 1. The summed E-state index contributed by atoms with van der Waals surface area (Å²) in [4.78, 5) is 12.4. The summed E-state index contributed by atoms with van der Waals surface area (Å²) in [5, 5.41) is 12.4. The number of hydrazone groups is 1. The number of halogens is 4. The molecule has 2 aromatic carbocycles. The molecule has 146 valence electrons. The van der Waals surface area contributed by atoms with E-state index in [0.717, 1.165) is 17.7 Å². The third-order valence-corrected chi connectivity index (χ3v) is 4.23. The molecule has 0 spiro atoms. The van der Waals surface area contributed by atoms with E-state index >= 15 is 0 Å². The lowest BCUT2D eigenvalue weighted by Gasteiger charge is -2.18. The van der Waals surface area contributed by atoms with Crippen LogP contribution in [0.5, 0.6) is 0 Å². The van der Waals surface area contributed by atoms with Crippen LogP contribution in [0.3, 0.4) is 0 Å². The minimum atomic E-state index is -4.64. The monoisotopic (exact) mass is 407 g/mol. The van der Waals surface area contributed by atoms with Crippen molar-refractivity contribution in [1.29, 1.82) is 5.26 Å². The Morgan fingerprint density at radius 1 is 1.11 bits per heavy atom. The zero-order valence-corrected chi connectivity index (χ0v) is 16.1. The van der Waals surface area contributed by atoms with Crippen LogP contribution in [0.1, 0.15) is 42.3 Å². The molecule has 0 saturated heterocycles. The van der Waals surface area contributed by atoms with Gasteiger partial charge in [0.1, 0.15) is 6.07 Å². The number of anilines is 1. The van der Waals surface area contributed by atoms with Gasteiger partial charge in [0.15, 0.2) is 0 Å². The van der Waals surface area contributed by atoms with Gasteiger partial charge in [-0.25, -0.2) is 0 Å². The Bertz CT molecular complexity index is 953. The Morgan fingerprint density at radius 2 is 1.71 bits per heavy atom. The second kappa shape index (κ2) is 8.03. The van der Waals surface area contributed by atoms with Gasteiger partial charge in [-0.15, -0.1) is 0 Å². The highest BCUT2D eigenvalue weighted by atomic mass is 35.5. The fourth-order valence-electron chi connectivity index (χ4n) is 2.32. The highest BCUT2D eigenvalue weighted by Crippen LogP contribution is 2.36. The number of hydrogen-bond acceptors (Lipinski definition) is 4. The van der Waals surface area contributed by atoms with Crippen LogP contribution in [0.15, 0.2) is 47.6 Å². The van der Waals surface area contributed by atoms with E-state index in [2.05, 4.69) is 10.5 Å². The average molecular weight is 408 g/mol. The van der Waals surface area contributed by atoms with E-state index in [1.165, 1.54) is 6.07 Å². The summed E-state index contributed by atoms with van der Waals surface area (Å²) < 4.78 is 38.7. The molecule has 0 heterocycles. The van der Waals surface area contributed by atoms with Crippen LogP contribution < -0.4 is 5.43 Å². The van der Waals surface area contributed by atoms with Crippen molar-refractivity contribution in [1.82, 2.24) is 0 Å². The maximum atomic E-state index is 12.9. The Labute approximate surface area is 165 Å². The molecule has 0 saturated carbocycles. The van der Waals surface area contributed by atoms with Crippen molar-refractivity contribution in [2.75, 3.05) is 5.43 Å². The smallest absolute Gasteiger partial charge is 0.286 e. The summed E-state index contributed by atoms with van der Waals surface area (Å²) in [5.41, 5.74) is 1.90. The van der Waals surface area contributed by atoms with Crippen LogP contribution in [-0.4, -0.2) is 11.5 Å². The number of nitriles is 1. The third kappa shape index (κ3) is 5.11. The number of benzene rings is 2. The molecular formula is C20H17ClF3N3O. The van der Waals surface area contributed by atoms with Crippen molar-refractivity contribution in [3.63, 3.8) is 0 Å². The number of nitrogens with zero attached hydrogens (tertiary/aromatic N) is 2. The fourth-order valence-corrected chi connectivity index (χ4v) is 2.54. The molecule has 2 aromatic rings. The summed E-state index contributed by atoms with van der Waals surface area (Å²) in [6.07, 6.45) is -4.64. The van der Waals surface area contributed by atoms with Crippen molar-refractivity contribution < 1.29 is 18.0 Å². The van der Waals surface area contributed by atoms with Gasteiger partial charge in [0.05, 0.1) is 16.3 Å². The summed E-state index contributed by atoms with van der Waals surface area (Å²) in [7, 11) is 0. The predicted octanol–water partition coefficient (Wildman–Crippen LogP) is 5.83. The topological polar surface area (TPSA) is 65.2 Å². The van der Waals surface area contributed by atoms with Gasteiger partial charge in [-0.05, 0) is 29.2 Å². The van der Waals surface area contributed by atoms with Gasteiger partial charge in [0.25, 0.3) is 0 Å². The Hall–Kier alpha value is -2.85. The van der Waals surface area contributed by atoms with Crippen LogP contribution in [0.4, 0.5) is 18.9 Å². The fraction of sp³-hybridized carbons (Fsp3) is 0.250. The minimum absolute atomic E-state index is 0.0552. The maximum absolute atomic E-state index is 12.9. The van der Waals surface area contributed by atoms with Gasteiger partial charge in [-0.3, -0.25) is 10.2 Å². The largest absolute Gasteiger partial charge is 0.417 e. The lowest BCUT2D eigenvalue weighted by Crippen LogP contribution is -2.16. The second-order valence-electron chi connectivity index (χ2n) is 7.03. The van der Waals surface area contributed by atoms with Crippen LogP contribution in [0.25, 0.3) is 0 Å². The molecule has 0 aliphatic rings. The summed E-state index contributed by atoms with van der Waals surface area (Å²) in [6.45, 7) is 6.08. The predicted molar refractivity (Wildman–Crippen MR) is 103 cm³/mol. The Morgan fingerprint density at radius 3 is 2.21 bits per heavy atom. The molecule has 0 aliphatic carbocycles. The Balaban J connectivity index is 2.25. The molecule has 1 N–H and O–H groups in total. The number of Topliss-reactive ketones (excluding diaryl/α,β-unsaturated/α-hetero) is 1. The average Bonchev–Trinajstić information content (AvgIpc) is 2.61. The molecular weight excluding hydrogens is 391 g/mol. The third-order valence-electron chi connectivity index (χ3n) is 3.90. The number of hydrogen-bond donors (Lipinski definition) is 1. The summed E-state index contributed by atoms with van der Waals surface area (Å²) in [5.74, 6) is -0.638. The molecule has 0 amide bonds. The molecule has 0 aromatic heterocycles. The molecule has 0 aliphatic heterocycles. The second-order valence-corrected chi connectivity index (χ2v) is 7.44. The van der Waals surface area contributed by atoms with E-state index < -0.39 is 28.3 Å². The van der Waals surface area contributed by atoms with Crippen LogP contribution in [-0.2, 0) is 11.6 Å². The first-order chi connectivity index (χ1) is 12.9. The zero-order chi connectivity index (χ0) is 21.1. The minimum Gasteiger partial charge on any atom is -0.286 e. The number of carbonyl (C=O) groups is 1. The van der Waals surface area contributed by atoms with Crippen molar-refractivity contribution in [3.8, 4) is 6.07 Å². The van der Waals surface area contributed by atoms with E-state index in [9.17, 15) is 23.2 Å². The van der Waals surface area contributed by atoms with Gasteiger partial charge in [0, 0.05) is 5.56 Å². The van der Waals surface area contributed by atoms with Gasteiger partial charge in [0.2, 0.25) is 11.5 Å². The molecule has 0 atom stereocenters. The van der Waals surface area contributed by atoms with Crippen molar-refractivity contribution in [3.05, 3.63) is 64.2 Å². The van der Waals surface area contributed by atoms with Gasteiger partial charge >= 0.3 is 6.18 Å². The highest BCUT2D eigenvalue weighted by Gasteiger charge is 2.33. The quantitative estimate of drug-likeness (QED) is 0.394. The molecule has 0 radical (unpaired) electrons. The van der Waals surface area contributed by atoms with Crippen LogP contribution >= 0.6 is 11.6 Å². The lowest BCUT2D eigenvalue weighted by atomic mass is 9.86. The zero-order valence-electron chi connectivity index (χ0n) is 15.4. The number of carbonyl (C=O) groups excluding carboxylic acids is 1. The molecule has 0 bridgehead atoms. The van der Waals surface area contributed by atoms with E-state index in [-0.39, 0.29) is 16.7 Å². The molecule has 0 fully saturated rings. The molecule has 4 nitrogen and oxygen atoms in total. The van der Waals surface area contributed by atoms with E-state index in [0.29, 0.717) is 0 Å². The standard InChI is InChI=1S/C20H17ClF3N3O/c1-19(2,3)13-6-4-12(5-7-13)18(28)17(11-25)27-26-14-8-9-16(21)15(10-14)20(22,23)24/h4-10,26H,1-3H3/b27-17+. The normalized spacial score (nSPS) is 12.4. The van der Waals surface area contributed by atoms with Gasteiger partial charge in [-0.2, -0.15) is 23.5 Å². The van der Waals surface area contributed by atoms with E-state index in [1.807, 2.05) is 20.8 Å². The van der Waals surface area contributed by atoms with Gasteiger partial charge in [-0.1, -0.05) is 56.6 Å². The lowest BCUT2D eigenvalue weighted by molar-refractivity contribution is -0.137. The van der Waals surface area contributed by atoms with E-state index in [4.69, 9.17) is 11.6 Å². The first-order valence-electron chi connectivity index (χ1n) is 8.19. The van der Waals surface area contributed by atoms with E-state index in [1.54, 1.807) is 30.3 Å². The molecule has 28 heavy (non-hydrogen) atoms. The first-order valence-corrected chi connectivity index (χ1v) is 8.57. The number of nitrogens with one attached hydrogen (secondary N) is 1. The SMILES string of the molecule is CC(C)(C)c1ccc(C(=O)/C(C#N)=N/Nc2ccc(Cl)c(C(F)(F)F)c2)cc1. The summed E-state index contributed by atoms with van der Waals surface area (Å²) in [6, 6.07) is 11.5. The maximum Gasteiger partial charge on any atom is 0.417 e. The molecule has 8 heteroatoms. The van der Waals surface area contributed by atoms with Crippen molar-refractivity contribution >= 4 is 28.8 Å².